The fourth-order valence-electron chi connectivity index (χ4n) is 1.19. The Labute approximate surface area is 113 Å². The molecule has 1 atom stereocenters. The number of nitrogens with one attached hydrogen (secondary N) is 2. The summed E-state index contributed by atoms with van der Waals surface area (Å²) in [5, 5.41) is 11.2. The minimum atomic E-state index is -3.39. The second-order valence-corrected chi connectivity index (χ2v) is 6.75. The van der Waals surface area contributed by atoms with Crippen molar-refractivity contribution in [3.05, 3.63) is 0 Å². The first-order valence-electron chi connectivity index (χ1n) is 5.84. The van der Waals surface area contributed by atoms with E-state index in [9.17, 15) is 13.2 Å². The molecule has 3 N–H and O–H groups in total. The molecule has 0 aromatic rings. The fourth-order valence-corrected chi connectivity index (χ4v) is 2.49. The fraction of sp³-hybridized carbons (Fsp3) is 0.900. The Morgan fingerprint density at radius 1 is 1.44 bits per heavy atom. The lowest BCUT2D eigenvalue weighted by Crippen LogP contribution is -2.47. The van der Waals surface area contributed by atoms with Gasteiger partial charge < -0.3 is 10.4 Å². The number of carbonyl (C=O) groups excluding carboxylic acids is 1. The molecule has 0 saturated carbocycles. The van der Waals surface area contributed by atoms with Gasteiger partial charge in [-0.05, 0) is 31.8 Å². The van der Waals surface area contributed by atoms with E-state index >= 15 is 0 Å². The summed E-state index contributed by atoms with van der Waals surface area (Å²) in [5.41, 5.74) is 0. The standard InChI is InChI=1S/C10H22N2O4S2/c1-3-18(15,16)12-9(5-8-17-2)10(14)11-6-4-7-13/h9,12-13H,3-8H2,1-2H3,(H,11,14). The highest BCUT2D eigenvalue weighted by Crippen LogP contribution is 2.03. The molecule has 0 saturated heterocycles. The Balaban J connectivity index is 4.42. The van der Waals surface area contributed by atoms with E-state index in [0.29, 0.717) is 25.1 Å². The van der Waals surface area contributed by atoms with Gasteiger partial charge in [0.05, 0.1) is 5.75 Å². The molecule has 0 spiro atoms. The average Bonchev–Trinajstić information content (AvgIpc) is 2.34. The minimum Gasteiger partial charge on any atom is -0.396 e. The molecule has 0 aliphatic heterocycles. The van der Waals surface area contributed by atoms with Crippen LogP contribution in [0.25, 0.3) is 0 Å². The van der Waals surface area contributed by atoms with Crippen LogP contribution in [0.2, 0.25) is 0 Å². The van der Waals surface area contributed by atoms with Crippen molar-refractivity contribution in [2.24, 2.45) is 0 Å². The summed E-state index contributed by atoms with van der Waals surface area (Å²) in [6.07, 6.45) is 2.81. The van der Waals surface area contributed by atoms with E-state index in [4.69, 9.17) is 5.11 Å². The van der Waals surface area contributed by atoms with E-state index in [2.05, 4.69) is 10.0 Å². The van der Waals surface area contributed by atoms with E-state index in [1.54, 1.807) is 11.8 Å². The van der Waals surface area contributed by atoms with Gasteiger partial charge in [0.1, 0.15) is 6.04 Å². The summed E-state index contributed by atoms with van der Waals surface area (Å²) in [5.74, 6) is 0.311. The van der Waals surface area contributed by atoms with Crippen molar-refractivity contribution in [3.63, 3.8) is 0 Å². The number of carbonyl (C=O) groups is 1. The molecule has 0 fully saturated rings. The molecule has 1 unspecified atom stereocenters. The van der Waals surface area contributed by atoms with Gasteiger partial charge in [-0.25, -0.2) is 13.1 Å². The van der Waals surface area contributed by atoms with Crippen LogP contribution in [-0.2, 0) is 14.8 Å². The molecule has 6 nitrogen and oxygen atoms in total. The first-order valence-corrected chi connectivity index (χ1v) is 8.89. The summed E-state index contributed by atoms with van der Waals surface area (Å²) < 4.78 is 25.3. The van der Waals surface area contributed by atoms with Crippen LogP contribution in [0.1, 0.15) is 19.8 Å². The van der Waals surface area contributed by atoms with Crippen LogP contribution in [-0.4, -0.2) is 56.4 Å². The molecule has 1 amide bonds. The zero-order valence-corrected chi connectivity index (χ0v) is 12.4. The van der Waals surface area contributed by atoms with Crippen molar-refractivity contribution in [2.45, 2.75) is 25.8 Å². The Hall–Kier alpha value is -0.310. The SMILES string of the molecule is CCS(=O)(=O)NC(CCSC)C(=O)NCCCO. The molecule has 0 aromatic carbocycles. The second-order valence-electron chi connectivity index (χ2n) is 3.72. The summed E-state index contributed by atoms with van der Waals surface area (Å²) in [4.78, 5) is 11.8. The van der Waals surface area contributed by atoms with E-state index in [1.807, 2.05) is 6.26 Å². The third-order valence-electron chi connectivity index (χ3n) is 2.26. The van der Waals surface area contributed by atoms with Crippen LogP contribution in [0.15, 0.2) is 0 Å². The van der Waals surface area contributed by atoms with Crippen molar-refractivity contribution in [2.75, 3.05) is 30.9 Å². The molecule has 0 aliphatic rings. The van der Waals surface area contributed by atoms with Crippen LogP contribution < -0.4 is 10.0 Å². The van der Waals surface area contributed by atoms with Gasteiger partial charge in [-0.15, -0.1) is 0 Å². The number of thioether (sulfide) groups is 1. The summed E-state index contributed by atoms with van der Waals surface area (Å²) >= 11 is 1.55. The van der Waals surface area contributed by atoms with Crippen LogP contribution in [0.4, 0.5) is 0 Å². The number of aliphatic hydroxyl groups excluding tert-OH is 1. The van der Waals surface area contributed by atoms with Crippen molar-refractivity contribution in [1.82, 2.24) is 10.0 Å². The number of rotatable bonds is 10. The number of amides is 1. The van der Waals surface area contributed by atoms with Crippen LogP contribution in [0, 0.1) is 0 Å². The van der Waals surface area contributed by atoms with Gasteiger partial charge in [0.25, 0.3) is 0 Å². The van der Waals surface area contributed by atoms with Gasteiger partial charge in [-0.3, -0.25) is 4.79 Å². The molecule has 108 valence electrons. The maximum atomic E-state index is 11.8. The molecule has 0 aromatic heterocycles. The first kappa shape index (κ1) is 17.7. The molecule has 0 rings (SSSR count). The van der Waals surface area contributed by atoms with Crippen LogP contribution in [0.5, 0.6) is 0 Å². The van der Waals surface area contributed by atoms with Gasteiger partial charge in [0, 0.05) is 13.2 Å². The van der Waals surface area contributed by atoms with Crippen molar-refractivity contribution < 1.29 is 18.3 Å². The molecule has 8 heteroatoms. The van der Waals surface area contributed by atoms with E-state index in [0.717, 1.165) is 0 Å². The maximum absolute atomic E-state index is 11.8. The Kier molecular flexibility index (Phi) is 9.43. The lowest BCUT2D eigenvalue weighted by molar-refractivity contribution is -0.122. The molecule has 0 radical (unpaired) electrons. The van der Waals surface area contributed by atoms with Crippen LogP contribution >= 0.6 is 11.8 Å². The molecule has 0 aliphatic carbocycles. The number of hydrogen-bond donors (Lipinski definition) is 3. The zero-order chi connectivity index (χ0) is 14.0. The zero-order valence-electron chi connectivity index (χ0n) is 10.8. The predicted molar refractivity (Wildman–Crippen MR) is 74.1 cm³/mol. The van der Waals surface area contributed by atoms with Gasteiger partial charge in [0.2, 0.25) is 15.9 Å². The number of hydrogen-bond acceptors (Lipinski definition) is 5. The number of aliphatic hydroxyl groups is 1. The van der Waals surface area contributed by atoms with Gasteiger partial charge in [-0.2, -0.15) is 11.8 Å². The Morgan fingerprint density at radius 2 is 2.11 bits per heavy atom. The van der Waals surface area contributed by atoms with E-state index in [-0.39, 0.29) is 18.3 Å². The van der Waals surface area contributed by atoms with E-state index in [1.165, 1.54) is 6.92 Å². The van der Waals surface area contributed by atoms with Gasteiger partial charge >= 0.3 is 0 Å². The monoisotopic (exact) mass is 298 g/mol. The van der Waals surface area contributed by atoms with Crippen molar-refractivity contribution in [3.8, 4) is 0 Å². The smallest absolute Gasteiger partial charge is 0.238 e. The highest BCUT2D eigenvalue weighted by Gasteiger charge is 2.22. The van der Waals surface area contributed by atoms with Gasteiger partial charge in [0.15, 0.2) is 0 Å². The second kappa shape index (κ2) is 9.60. The van der Waals surface area contributed by atoms with Gasteiger partial charge in [-0.1, -0.05) is 0 Å². The Bertz CT molecular complexity index is 333. The normalized spacial score (nSPS) is 13.3. The summed E-state index contributed by atoms with van der Waals surface area (Å²) in [6, 6.07) is -0.735. The lowest BCUT2D eigenvalue weighted by atomic mass is 10.2. The van der Waals surface area contributed by atoms with Crippen LogP contribution in [0.3, 0.4) is 0 Å². The predicted octanol–water partition coefficient (Wildman–Crippen LogP) is -0.454. The molecule has 0 bridgehead atoms. The summed E-state index contributed by atoms with van der Waals surface area (Å²) in [6.45, 7) is 1.87. The van der Waals surface area contributed by atoms with Crippen molar-refractivity contribution in [1.29, 1.82) is 0 Å². The largest absolute Gasteiger partial charge is 0.396 e. The topological polar surface area (TPSA) is 95.5 Å². The minimum absolute atomic E-state index is 0.00353. The lowest BCUT2D eigenvalue weighted by Gasteiger charge is -2.17. The molecular weight excluding hydrogens is 276 g/mol. The number of sulfonamides is 1. The highest BCUT2D eigenvalue weighted by molar-refractivity contribution is 7.98. The van der Waals surface area contributed by atoms with E-state index < -0.39 is 16.1 Å². The maximum Gasteiger partial charge on any atom is 0.238 e. The Morgan fingerprint density at radius 3 is 2.61 bits per heavy atom. The summed E-state index contributed by atoms with van der Waals surface area (Å²) in [7, 11) is -3.39. The third kappa shape index (κ3) is 7.91. The third-order valence-corrected chi connectivity index (χ3v) is 4.31. The molecule has 18 heavy (non-hydrogen) atoms. The quantitative estimate of drug-likeness (QED) is 0.475. The van der Waals surface area contributed by atoms with Crippen molar-refractivity contribution >= 4 is 27.7 Å². The first-order chi connectivity index (χ1) is 8.46. The highest BCUT2D eigenvalue weighted by atomic mass is 32.2. The molecule has 0 heterocycles. The molecular formula is C10H22N2O4S2. The average molecular weight is 298 g/mol.